The van der Waals surface area contributed by atoms with Gasteiger partial charge in [0, 0.05) is 20.6 Å². The highest BCUT2D eigenvalue weighted by Crippen LogP contribution is 2.22. The predicted octanol–water partition coefficient (Wildman–Crippen LogP) is 1.13. The maximum absolute atomic E-state index is 12.0. The van der Waals surface area contributed by atoms with Crippen molar-refractivity contribution in [2.24, 2.45) is 0 Å². The van der Waals surface area contributed by atoms with Crippen molar-refractivity contribution >= 4 is 5.91 Å². The molecule has 1 atom stereocenters. The van der Waals surface area contributed by atoms with Crippen LogP contribution in [0.2, 0.25) is 0 Å². The Bertz CT molecular complexity index is 401. The van der Waals surface area contributed by atoms with Gasteiger partial charge in [-0.25, -0.2) is 0 Å². The maximum Gasteiger partial charge on any atom is 0.239 e. The Balaban J connectivity index is 2.24. The van der Waals surface area contributed by atoms with E-state index in [2.05, 4.69) is 23.1 Å². The number of benzene rings is 1. The third kappa shape index (κ3) is 1.95. The van der Waals surface area contributed by atoms with E-state index in [4.69, 9.17) is 0 Å². The van der Waals surface area contributed by atoms with E-state index in [1.54, 1.807) is 4.90 Å². The van der Waals surface area contributed by atoms with Crippen LogP contribution in [0, 0.1) is 0 Å². The molecule has 0 spiro atoms. The highest BCUT2D eigenvalue weighted by atomic mass is 16.2. The lowest BCUT2D eigenvalue weighted by Gasteiger charge is -2.34. The van der Waals surface area contributed by atoms with Crippen molar-refractivity contribution in [2.75, 3.05) is 21.1 Å². The Morgan fingerprint density at radius 1 is 1.31 bits per heavy atom. The minimum Gasteiger partial charge on any atom is -0.347 e. The molecule has 0 aromatic heterocycles. The van der Waals surface area contributed by atoms with Crippen molar-refractivity contribution in [3.63, 3.8) is 0 Å². The molecule has 1 aromatic rings. The zero-order valence-corrected chi connectivity index (χ0v) is 10.1. The first-order valence-electron chi connectivity index (χ1n) is 5.58. The summed E-state index contributed by atoms with van der Waals surface area (Å²) in [5.41, 5.74) is 2.65. The van der Waals surface area contributed by atoms with E-state index in [1.807, 2.05) is 27.2 Å². The summed E-state index contributed by atoms with van der Waals surface area (Å²) in [6.45, 7) is 0.862. The predicted molar refractivity (Wildman–Crippen MR) is 64.1 cm³/mol. The molecule has 0 N–H and O–H groups in total. The quantitative estimate of drug-likeness (QED) is 0.705. The largest absolute Gasteiger partial charge is 0.347 e. The van der Waals surface area contributed by atoms with Crippen LogP contribution in [-0.2, 0) is 17.8 Å². The van der Waals surface area contributed by atoms with E-state index in [0.29, 0.717) is 0 Å². The van der Waals surface area contributed by atoms with Crippen molar-refractivity contribution in [3.8, 4) is 0 Å². The SMILES string of the molecule is CN(C)C(=O)[C@@H]1Cc2ccccc2CN1C. The maximum atomic E-state index is 12.0. The molecule has 0 bridgehead atoms. The summed E-state index contributed by atoms with van der Waals surface area (Å²) in [7, 11) is 5.65. The lowest BCUT2D eigenvalue weighted by atomic mass is 9.94. The molecule has 1 aliphatic rings. The van der Waals surface area contributed by atoms with Crippen LogP contribution < -0.4 is 0 Å². The Morgan fingerprint density at radius 2 is 1.94 bits per heavy atom. The van der Waals surface area contributed by atoms with Gasteiger partial charge in [0.15, 0.2) is 0 Å². The van der Waals surface area contributed by atoms with E-state index < -0.39 is 0 Å². The molecule has 3 nitrogen and oxygen atoms in total. The van der Waals surface area contributed by atoms with Gasteiger partial charge in [0.25, 0.3) is 0 Å². The number of likely N-dealkylation sites (N-methyl/N-ethyl adjacent to an activating group) is 2. The summed E-state index contributed by atoms with van der Waals surface area (Å²) in [5.74, 6) is 0.192. The number of amides is 1. The number of hydrogen-bond acceptors (Lipinski definition) is 2. The molecule has 0 radical (unpaired) electrons. The second-order valence-electron chi connectivity index (χ2n) is 4.64. The van der Waals surface area contributed by atoms with Crippen LogP contribution in [0.4, 0.5) is 0 Å². The molecule has 1 aromatic carbocycles. The first-order chi connectivity index (χ1) is 7.59. The minimum atomic E-state index is -0.00935. The zero-order valence-electron chi connectivity index (χ0n) is 10.1. The smallest absolute Gasteiger partial charge is 0.239 e. The van der Waals surface area contributed by atoms with Crippen molar-refractivity contribution in [2.45, 2.75) is 19.0 Å². The topological polar surface area (TPSA) is 23.6 Å². The first kappa shape index (κ1) is 11.1. The van der Waals surface area contributed by atoms with Crippen LogP contribution in [0.1, 0.15) is 11.1 Å². The van der Waals surface area contributed by atoms with Crippen molar-refractivity contribution in [1.29, 1.82) is 0 Å². The molecular formula is C13H18N2O. The Hall–Kier alpha value is -1.35. The summed E-state index contributed by atoms with van der Waals surface area (Å²) in [6.07, 6.45) is 0.823. The number of fused-ring (bicyclic) bond motifs is 1. The molecular weight excluding hydrogens is 200 g/mol. The van der Waals surface area contributed by atoms with Gasteiger partial charge in [-0.05, 0) is 24.6 Å². The van der Waals surface area contributed by atoms with Crippen LogP contribution in [0.25, 0.3) is 0 Å². The number of carbonyl (C=O) groups is 1. The van der Waals surface area contributed by atoms with Gasteiger partial charge in [0.05, 0.1) is 6.04 Å². The second kappa shape index (κ2) is 4.26. The fraction of sp³-hybridized carbons (Fsp3) is 0.462. The summed E-state index contributed by atoms with van der Waals surface area (Å²) >= 11 is 0. The normalized spacial score (nSPS) is 20.3. The van der Waals surface area contributed by atoms with E-state index in [1.165, 1.54) is 11.1 Å². The number of rotatable bonds is 1. The molecule has 86 valence electrons. The monoisotopic (exact) mass is 218 g/mol. The molecule has 1 heterocycles. The number of hydrogen-bond donors (Lipinski definition) is 0. The lowest BCUT2D eigenvalue weighted by molar-refractivity contribution is -0.134. The molecule has 16 heavy (non-hydrogen) atoms. The average molecular weight is 218 g/mol. The molecule has 0 unspecified atom stereocenters. The minimum absolute atomic E-state index is 0.00935. The average Bonchev–Trinajstić information content (AvgIpc) is 2.27. The standard InChI is InChI=1S/C13H18N2O/c1-14(2)13(16)12-8-10-6-4-5-7-11(10)9-15(12)3/h4-7,12H,8-9H2,1-3H3/t12-/m0/s1. The number of carbonyl (C=O) groups excluding carboxylic acids is 1. The Morgan fingerprint density at radius 3 is 2.56 bits per heavy atom. The molecule has 1 aliphatic heterocycles. The van der Waals surface area contributed by atoms with Gasteiger partial charge in [-0.3, -0.25) is 9.69 Å². The molecule has 0 saturated heterocycles. The van der Waals surface area contributed by atoms with Gasteiger partial charge < -0.3 is 4.90 Å². The lowest BCUT2D eigenvalue weighted by Crippen LogP contribution is -2.48. The fourth-order valence-electron chi connectivity index (χ4n) is 2.23. The molecule has 3 heteroatoms. The molecule has 0 saturated carbocycles. The summed E-state index contributed by atoms with van der Waals surface area (Å²) in [6, 6.07) is 8.35. The van der Waals surface area contributed by atoms with Crippen molar-refractivity contribution in [3.05, 3.63) is 35.4 Å². The Labute approximate surface area is 96.7 Å². The van der Waals surface area contributed by atoms with Crippen LogP contribution in [0.15, 0.2) is 24.3 Å². The van der Waals surface area contributed by atoms with E-state index in [9.17, 15) is 4.79 Å². The summed E-state index contributed by atoms with van der Waals surface area (Å²) < 4.78 is 0. The van der Waals surface area contributed by atoms with E-state index >= 15 is 0 Å². The van der Waals surface area contributed by atoms with Crippen LogP contribution in [0.3, 0.4) is 0 Å². The van der Waals surface area contributed by atoms with Crippen LogP contribution in [0.5, 0.6) is 0 Å². The molecule has 0 fully saturated rings. The van der Waals surface area contributed by atoms with Crippen LogP contribution >= 0.6 is 0 Å². The third-order valence-corrected chi connectivity index (χ3v) is 3.21. The number of nitrogens with zero attached hydrogens (tertiary/aromatic N) is 2. The van der Waals surface area contributed by atoms with Gasteiger partial charge in [-0.1, -0.05) is 24.3 Å². The van der Waals surface area contributed by atoms with E-state index in [0.717, 1.165) is 13.0 Å². The van der Waals surface area contributed by atoms with Crippen LogP contribution in [-0.4, -0.2) is 42.9 Å². The van der Waals surface area contributed by atoms with Gasteiger partial charge in [-0.2, -0.15) is 0 Å². The van der Waals surface area contributed by atoms with E-state index in [-0.39, 0.29) is 11.9 Å². The zero-order chi connectivity index (χ0) is 11.7. The highest BCUT2D eigenvalue weighted by molar-refractivity contribution is 5.82. The summed E-state index contributed by atoms with van der Waals surface area (Å²) in [5, 5.41) is 0. The highest BCUT2D eigenvalue weighted by Gasteiger charge is 2.29. The second-order valence-corrected chi connectivity index (χ2v) is 4.64. The molecule has 0 aliphatic carbocycles. The van der Waals surface area contributed by atoms with Crippen molar-refractivity contribution < 1.29 is 4.79 Å². The fourth-order valence-corrected chi connectivity index (χ4v) is 2.23. The third-order valence-electron chi connectivity index (χ3n) is 3.21. The van der Waals surface area contributed by atoms with Crippen molar-refractivity contribution in [1.82, 2.24) is 9.80 Å². The summed E-state index contributed by atoms with van der Waals surface area (Å²) in [4.78, 5) is 15.8. The Kier molecular flexibility index (Phi) is 2.97. The van der Waals surface area contributed by atoms with Gasteiger partial charge in [0.1, 0.15) is 0 Å². The molecule has 2 rings (SSSR count). The van der Waals surface area contributed by atoms with Gasteiger partial charge in [-0.15, -0.1) is 0 Å². The molecule has 1 amide bonds. The first-order valence-corrected chi connectivity index (χ1v) is 5.58. The van der Waals surface area contributed by atoms with Gasteiger partial charge in [0.2, 0.25) is 5.91 Å². The van der Waals surface area contributed by atoms with Gasteiger partial charge >= 0.3 is 0 Å².